The van der Waals surface area contributed by atoms with Gasteiger partial charge in [0.25, 0.3) is 5.91 Å². The average Bonchev–Trinajstić information content (AvgIpc) is 2.86. The minimum absolute atomic E-state index is 0.0993. The molecule has 0 bridgehead atoms. The SMILES string of the molecule is NC(=O)c1cc(C2C=CCC=C2)n2nccc2n1. The Morgan fingerprint density at radius 1 is 1.39 bits per heavy atom. The van der Waals surface area contributed by atoms with E-state index in [2.05, 4.69) is 34.4 Å². The molecular formula is C13H12N4O. The number of rotatable bonds is 2. The summed E-state index contributed by atoms with van der Waals surface area (Å²) in [4.78, 5) is 15.5. The van der Waals surface area contributed by atoms with Gasteiger partial charge in [-0.15, -0.1) is 0 Å². The van der Waals surface area contributed by atoms with Crippen LogP contribution in [0.3, 0.4) is 0 Å². The lowest BCUT2D eigenvalue weighted by Crippen LogP contribution is -2.16. The van der Waals surface area contributed by atoms with Crippen molar-refractivity contribution in [3.8, 4) is 0 Å². The van der Waals surface area contributed by atoms with E-state index in [0.717, 1.165) is 12.1 Å². The Labute approximate surface area is 104 Å². The first-order chi connectivity index (χ1) is 8.75. The topological polar surface area (TPSA) is 73.3 Å². The van der Waals surface area contributed by atoms with Gasteiger partial charge in [0.15, 0.2) is 5.65 Å². The lowest BCUT2D eigenvalue weighted by molar-refractivity contribution is 0.0995. The first kappa shape index (κ1) is 10.7. The Balaban J connectivity index is 2.22. The van der Waals surface area contributed by atoms with Crippen LogP contribution >= 0.6 is 0 Å². The molecule has 0 fully saturated rings. The van der Waals surface area contributed by atoms with E-state index < -0.39 is 5.91 Å². The van der Waals surface area contributed by atoms with Crippen LogP contribution in [0.25, 0.3) is 5.65 Å². The monoisotopic (exact) mass is 240 g/mol. The molecule has 3 rings (SSSR count). The second-order valence-corrected chi connectivity index (χ2v) is 4.15. The first-order valence-corrected chi connectivity index (χ1v) is 5.73. The Morgan fingerprint density at radius 3 is 2.89 bits per heavy atom. The van der Waals surface area contributed by atoms with Crippen molar-refractivity contribution in [1.29, 1.82) is 0 Å². The van der Waals surface area contributed by atoms with Gasteiger partial charge in [0.2, 0.25) is 0 Å². The van der Waals surface area contributed by atoms with Crippen LogP contribution in [-0.4, -0.2) is 20.5 Å². The van der Waals surface area contributed by atoms with E-state index in [0.29, 0.717) is 5.65 Å². The number of aromatic nitrogens is 3. The second kappa shape index (κ2) is 4.10. The Kier molecular flexibility index (Phi) is 2.44. The zero-order valence-electron chi connectivity index (χ0n) is 9.65. The highest BCUT2D eigenvalue weighted by Gasteiger charge is 2.15. The van der Waals surface area contributed by atoms with Crippen molar-refractivity contribution in [3.05, 3.63) is 54.0 Å². The van der Waals surface area contributed by atoms with Crippen molar-refractivity contribution < 1.29 is 4.79 Å². The molecule has 2 N–H and O–H groups in total. The molecule has 2 aromatic heterocycles. The number of carbonyl (C=O) groups excluding carboxylic acids is 1. The van der Waals surface area contributed by atoms with Crippen molar-refractivity contribution in [1.82, 2.24) is 14.6 Å². The molecule has 0 aromatic carbocycles. The molecule has 5 nitrogen and oxygen atoms in total. The molecule has 0 saturated heterocycles. The van der Waals surface area contributed by atoms with Gasteiger partial charge in [-0.25, -0.2) is 9.50 Å². The molecule has 18 heavy (non-hydrogen) atoms. The predicted molar refractivity (Wildman–Crippen MR) is 67.1 cm³/mol. The van der Waals surface area contributed by atoms with Gasteiger partial charge in [-0.3, -0.25) is 4.79 Å². The number of allylic oxidation sites excluding steroid dienone is 4. The Hall–Kier alpha value is -2.43. The molecule has 2 aromatic rings. The van der Waals surface area contributed by atoms with Crippen LogP contribution in [0.4, 0.5) is 0 Å². The van der Waals surface area contributed by atoms with Gasteiger partial charge in [0.1, 0.15) is 5.69 Å². The average molecular weight is 240 g/mol. The maximum absolute atomic E-state index is 11.3. The molecule has 1 aliphatic rings. The van der Waals surface area contributed by atoms with Gasteiger partial charge >= 0.3 is 0 Å². The van der Waals surface area contributed by atoms with Crippen LogP contribution < -0.4 is 5.73 Å². The van der Waals surface area contributed by atoms with E-state index in [1.165, 1.54) is 0 Å². The fraction of sp³-hybridized carbons (Fsp3) is 0.154. The van der Waals surface area contributed by atoms with Gasteiger partial charge in [-0.1, -0.05) is 24.3 Å². The summed E-state index contributed by atoms with van der Waals surface area (Å²) in [7, 11) is 0. The van der Waals surface area contributed by atoms with Crippen LogP contribution in [0.5, 0.6) is 0 Å². The fourth-order valence-electron chi connectivity index (χ4n) is 2.09. The molecular weight excluding hydrogens is 228 g/mol. The van der Waals surface area contributed by atoms with Crippen LogP contribution in [0.15, 0.2) is 42.6 Å². The highest BCUT2D eigenvalue weighted by molar-refractivity contribution is 5.91. The summed E-state index contributed by atoms with van der Waals surface area (Å²) in [6.07, 6.45) is 10.9. The van der Waals surface area contributed by atoms with Gasteiger partial charge < -0.3 is 5.73 Å². The first-order valence-electron chi connectivity index (χ1n) is 5.73. The van der Waals surface area contributed by atoms with E-state index in [9.17, 15) is 4.79 Å². The number of primary amides is 1. The molecule has 0 saturated carbocycles. The van der Waals surface area contributed by atoms with E-state index in [-0.39, 0.29) is 11.6 Å². The maximum Gasteiger partial charge on any atom is 0.267 e. The summed E-state index contributed by atoms with van der Waals surface area (Å²) in [6, 6.07) is 3.46. The summed E-state index contributed by atoms with van der Waals surface area (Å²) >= 11 is 0. The zero-order valence-corrected chi connectivity index (χ0v) is 9.65. The zero-order chi connectivity index (χ0) is 12.5. The summed E-state index contributed by atoms with van der Waals surface area (Å²) < 4.78 is 1.73. The van der Waals surface area contributed by atoms with Crippen molar-refractivity contribution in [3.63, 3.8) is 0 Å². The van der Waals surface area contributed by atoms with Gasteiger partial charge in [-0.05, 0) is 12.5 Å². The molecule has 1 amide bonds. The van der Waals surface area contributed by atoms with E-state index in [1.807, 2.05) is 0 Å². The Bertz CT molecular complexity index is 657. The largest absolute Gasteiger partial charge is 0.364 e. The molecule has 90 valence electrons. The molecule has 2 heterocycles. The van der Waals surface area contributed by atoms with Crippen LogP contribution in [0.2, 0.25) is 0 Å². The van der Waals surface area contributed by atoms with Crippen molar-refractivity contribution in [2.24, 2.45) is 5.73 Å². The number of hydrogen-bond acceptors (Lipinski definition) is 3. The fourth-order valence-corrected chi connectivity index (χ4v) is 2.09. The van der Waals surface area contributed by atoms with Crippen LogP contribution in [0, 0.1) is 0 Å². The molecule has 0 spiro atoms. The minimum atomic E-state index is -0.524. The normalized spacial score (nSPS) is 15.3. The van der Waals surface area contributed by atoms with E-state index >= 15 is 0 Å². The van der Waals surface area contributed by atoms with Gasteiger partial charge in [0, 0.05) is 12.0 Å². The van der Waals surface area contributed by atoms with Crippen LogP contribution in [-0.2, 0) is 0 Å². The van der Waals surface area contributed by atoms with E-state index in [1.54, 1.807) is 22.8 Å². The lowest BCUT2D eigenvalue weighted by atomic mass is 9.99. The molecule has 0 atom stereocenters. The Morgan fingerprint density at radius 2 is 2.17 bits per heavy atom. The third-order valence-corrected chi connectivity index (χ3v) is 2.94. The number of nitrogens with two attached hydrogens (primary N) is 1. The summed E-state index contributed by atoms with van der Waals surface area (Å²) in [6.45, 7) is 0. The molecule has 1 aliphatic carbocycles. The number of hydrogen-bond donors (Lipinski definition) is 1. The van der Waals surface area contributed by atoms with E-state index in [4.69, 9.17) is 5.73 Å². The van der Waals surface area contributed by atoms with Crippen molar-refractivity contribution in [2.45, 2.75) is 12.3 Å². The highest BCUT2D eigenvalue weighted by atomic mass is 16.1. The summed E-state index contributed by atoms with van der Waals surface area (Å²) in [5.74, 6) is -0.425. The second-order valence-electron chi connectivity index (χ2n) is 4.15. The third-order valence-electron chi connectivity index (χ3n) is 2.94. The lowest BCUT2D eigenvalue weighted by Gasteiger charge is -2.13. The van der Waals surface area contributed by atoms with Crippen LogP contribution in [0.1, 0.15) is 28.5 Å². The quantitative estimate of drug-likeness (QED) is 0.807. The van der Waals surface area contributed by atoms with Crippen molar-refractivity contribution >= 4 is 11.6 Å². The smallest absolute Gasteiger partial charge is 0.267 e. The van der Waals surface area contributed by atoms with Gasteiger partial charge in [0.05, 0.1) is 11.9 Å². The minimum Gasteiger partial charge on any atom is -0.364 e. The number of nitrogens with zero attached hydrogens (tertiary/aromatic N) is 3. The third kappa shape index (κ3) is 1.69. The number of fused-ring (bicyclic) bond motifs is 1. The molecule has 5 heteroatoms. The highest BCUT2D eigenvalue weighted by Crippen LogP contribution is 2.23. The summed E-state index contributed by atoms with van der Waals surface area (Å²) in [5, 5.41) is 4.23. The maximum atomic E-state index is 11.3. The standard InChI is InChI=1S/C13H12N4O/c14-13(18)10-8-11(9-4-2-1-3-5-9)17-12(16-10)6-7-15-17/h2-9H,1H2,(H2,14,18). The molecule has 0 aliphatic heterocycles. The number of amides is 1. The molecule has 0 unspecified atom stereocenters. The predicted octanol–water partition coefficient (Wildman–Crippen LogP) is 1.43. The van der Waals surface area contributed by atoms with Gasteiger partial charge in [-0.2, -0.15) is 5.10 Å². The van der Waals surface area contributed by atoms with Crippen molar-refractivity contribution in [2.75, 3.05) is 0 Å². The molecule has 0 radical (unpaired) electrons. The summed E-state index contributed by atoms with van der Waals surface area (Å²) in [5.41, 5.74) is 7.10. The number of carbonyl (C=O) groups is 1.